The molecule has 1 amide bonds. The fourth-order valence-electron chi connectivity index (χ4n) is 5.31. The Balaban J connectivity index is 1.28. The van der Waals surface area contributed by atoms with E-state index >= 15 is 0 Å². The van der Waals surface area contributed by atoms with E-state index in [2.05, 4.69) is 35.2 Å². The quantitative estimate of drug-likeness (QED) is 0.386. The van der Waals surface area contributed by atoms with E-state index in [-0.39, 0.29) is 5.91 Å². The van der Waals surface area contributed by atoms with Crippen molar-refractivity contribution in [3.8, 4) is 0 Å². The zero-order valence-electron chi connectivity index (χ0n) is 19.9. The van der Waals surface area contributed by atoms with Gasteiger partial charge in [-0.05, 0) is 55.4 Å². The molecule has 0 saturated carbocycles. The summed E-state index contributed by atoms with van der Waals surface area (Å²) in [6, 6.07) is 20.2. The van der Waals surface area contributed by atoms with Crippen molar-refractivity contribution >= 4 is 33.3 Å². The van der Waals surface area contributed by atoms with Crippen LogP contribution in [-0.2, 0) is 25.7 Å². The fraction of sp³-hybridized carbons (Fsp3) is 0.345. The molecule has 178 valence electrons. The Bertz CT molecular complexity index is 1330. The van der Waals surface area contributed by atoms with Crippen LogP contribution in [0.15, 0.2) is 60.7 Å². The van der Waals surface area contributed by atoms with Crippen molar-refractivity contribution in [3.05, 3.63) is 88.1 Å². The molecule has 0 unspecified atom stereocenters. The van der Waals surface area contributed by atoms with Gasteiger partial charge in [0.05, 0.1) is 5.39 Å². The fourth-order valence-corrected chi connectivity index (χ4v) is 6.58. The predicted octanol–water partition coefficient (Wildman–Crippen LogP) is 5.32. The summed E-state index contributed by atoms with van der Waals surface area (Å²) < 4.78 is 0. The Morgan fingerprint density at radius 3 is 2.31 bits per heavy atom. The molecule has 0 atom stereocenters. The molecule has 4 aromatic rings. The van der Waals surface area contributed by atoms with Crippen LogP contribution >= 0.6 is 11.3 Å². The van der Waals surface area contributed by atoms with E-state index in [1.165, 1.54) is 34.2 Å². The van der Waals surface area contributed by atoms with Crippen LogP contribution in [-0.4, -0.2) is 47.0 Å². The van der Waals surface area contributed by atoms with E-state index in [0.29, 0.717) is 13.1 Å². The number of hydrogen-bond donors (Lipinski definition) is 0. The second kappa shape index (κ2) is 9.78. The van der Waals surface area contributed by atoms with Gasteiger partial charge >= 0.3 is 0 Å². The largest absolute Gasteiger partial charge is 0.352 e. The minimum atomic E-state index is 0.120. The third kappa shape index (κ3) is 4.55. The number of nitrogens with zero attached hydrogens (tertiary/aromatic N) is 4. The smallest absolute Gasteiger partial charge is 0.253 e. The number of amides is 1. The van der Waals surface area contributed by atoms with Crippen molar-refractivity contribution in [3.63, 3.8) is 0 Å². The maximum absolute atomic E-state index is 13.0. The van der Waals surface area contributed by atoms with Gasteiger partial charge in [-0.15, -0.1) is 11.3 Å². The van der Waals surface area contributed by atoms with Crippen molar-refractivity contribution < 1.29 is 4.79 Å². The van der Waals surface area contributed by atoms with Crippen molar-refractivity contribution in [2.45, 2.75) is 38.5 Å². The van der Waals surface area contributed by atoms with Gasteiger partial charge in [-0.25, -0.2) is 9.97 Å². The molecule has 0 N–H and O–H groups in total. The lowest BCUT2D eigenvalue weighted by Gasteiger charge is -2.36. The number of piperazine rings is 1. The van der Waals surface area contributed by atoms with Gasteiger partial charge < -0.3 is 9.80 Å². The third-order valence-electron chi connectivity index (χ3n) is 7.21. The second-order valence-corrected chi connectivity index (χ2v) is 10.6. The highest BCUT2D eigenvalue weighted by Gasteiger charge is 2.27. The van der Waals surface area contributed by atoms with Gasteiger partial charge in [0.15, 0.2) is 0 Å². The summed E-state index contributed by atoms with van der Waals surface area (Å²) in [4.78, 5) is 30.2. The van der Waals surface area contributed by atoms with E-state index in [9.17, 15) is 4.79 Å². The third-order valence-corrected chi connectivity index (χ3v) is 8.39. The summed E-state index contributed by atoms with van der Waals surface area (Å²) in [5.41, 5.74) is 3.56. The monoisotopic (exact) mass is 482 g/mol. The predicted molar refractivity (Wildman–Crippen MR) is 142 cm³/mol. The normalized spacial score (nSPS) is 15.9. The first-order valence-electron chi connectivity index (χ1n) is 12.7. The number of aromatic nitrogens is 2. The topological polar surface area (TPSA) is 49.3 Å². The molecule has 35 heavy (non-hydrogen) atoms. The van der Waals surface area contributed by atoms with Crippen LogP contribution in [0.2, 0.25) is 0 Å². The first kappa shape index (κ1) is 22.2. The number of hydrogen-bond acceptors (Lipinski definition) is 5. The number of carbonyl (C=O) groups excluding carboxylic acids is 1. The van der Waals surface area contributed by atoms with E-state index < -0.39 is 0 Å². The molecule has 5 nitrogen and oxygen atoms in total. The van der Waals surface area contributed by atoms with Crippen molar-refractivity contribution in [2.75, 3.05) is 31.1 Å². The second-order valence-electron chi connectivity index (χ2n) is 9.49. The van der Waals surface area contributed by atoms with Crippen LogP contribution in [0.1, 0.15) is 45.0 Å². The number of rotatable bonds is 5. The molecule has 1 aliphatic carbocycles. The molecule has 2 aromatic carbocycles. The zero-order chi connectivity index (χ0) is 23.6. The van der Waals surface area contributed by atoms with Crippen molar-refractivity contribution in [2.24, 2.45) is 0 Å². The molecule has 2 aromatic heterocycles. The summed E-state index contributed by atoms with van der Waals surface area (Å²) in [6.07, 6.45) is 6.57. The minimum Gasteiger partial charge on any atom is -0.352 e. The number of aryl methyl sites for hydroxylation is 4. The van der Waals surface area contributed by atoms with Gasteiger partial charge in [0.1, 0.15) is 16.5 Å². The highest BCUT2D eigenvalue weighted by atomic mass is 32.1. The van der Waals surface area contributed by atoms with Gasteiger partial charge in [-0.2, -0.15) is 0 Å². The Labute approximate surface area is 210 Å². The van der Waals surface area contributed by atoms with Crippen molar-refractivity contribution in [1.82, 2.24) is 14.9 Å². The standard InChI is InChI=1S/C29H30N4OS/c34-29(22-11-5-2-6-12-22)33-19-17-32(18-20-33)27-26-23-13-7-8-14-24(23)35-28(26)31-25(30-27)16-15-21-9-3-1-4-10-21/h1-6,9-12H,7-8,13-20H2. The minimum absolute atomic E-state index is 0.120. The van der Waals surface area contributed by atoms with Gasteiger partial charge in [0, 0.05) is 43.0 Å². The summed E-state index contributed by atoms with van der Waals surface area (Å²) in [7, 11) is 0. The van der Waals surface area contributed by atoms with Crippen LogP contribution in [0.4, 0.5) is 5.82 Å². The molecule has 1 saturated heterocycles. The number of anilines is 1. The summed E-state index contributed by atoms with van der Waals surface area (Å²) in [6.45, 7) is 3.02. The number of carbonyl (C=O) groups is 1. The molecule has 6 rings (SSSR count). The van der Waals surface area contributed by atoms with Crippen LogP contribution < -0.4 is 4.90 Å². The van der Waals surface area contributed by atoms with Gasteiger partial charge in [0.25, 0.3) is 5.91 Å². The Hall–Kier alpha value is -3.25. The first-order chi connectivity index (χ1) is 17.3. The zero-order valence-corrected chi connectivity index (χ0v) is 20.8. The lowest BCUT2D eigenvalue weighted by atomic mass is 9.96. The average Bonchev–Trinajstić information content (AvgIpc) is 3.31. The average molecular weight is 483 g/mol. The molecular weight excluding hydrogens is 452 g/mol. The molecule has 0 spiro atoms. The Kier molecular flexibility index (Phi) is 6.21. The summed E-state index contributed by atoms with van der Waals surface area (Å²) in [5, 5.41) is 1.27. The lowest BCUT2D eigenvalue weighted by molar-refractivity contribution is 0.0746. The van der Waals surface area contributed by atoms with E-state index in [1.807, 2.05) is 46.6 Å². The molecule has 0 bridgehead atoms. The number of fused-ring (bicyclic) bond motifs is 3. The van der Waals surface area contributed by atoms with Gasteiger partial charge in [0.2, 0.25) is 0 Å². The summed E-state index contributed by atoms with van der Waals surface area (Å²) in [5.74, 6) is 2.14. The number of benzene rings is 2. The van der Waals surface area contributed by atoms with E-state index in [1.54, 1.807) is 0 Å². The van der Waals surface area contributed by atoms with Crippen molar-refractivity contribution in [1.29, 1.82) is 0 Å². The van der Waals surface area contributed by atoms with Crippen LogP contribution in [0.25, 0.3) is 10.2 Å². The first-order valence-corrected chi connectivity index (χ1v) is 13.5. The molecule has 1 fully saturated rings. The highest BCUT2D eigenvalue weighted by Crippen LogP contribution is 2.40. The maximum atomic E-state index is 13.0. The maximum Gasteiger partial charge on any atom is 0.253 e. The Morgan fingerprint density at radius 2 is 1.54 bits per heavy atom. The highest BCUT2D eigenvalue weighted by molar-refractivity contribution is 7.19. The summed E-state index contributed by atoms with van der Waals surface area (Å²) >= 11 is 1.87. The number of thiophene rings is 1. The van der Waals surface area contributed by atoms with Crippen LogP contribution in [0.5, 0.6) is 0 Å². The molecule has 6 heteroatoms. The molecule has 1 aliphatic heterocycles. The van der Waals surface area contributed by atoms with Crippen LogP contribution in [0, 0.1) is 0 Å². The van der Waals surface area contributed by atoms with Crippen LogP contribution in [0.3, 0.4) is 0 Å². The SMILES string of the molecule is O=C(c1ccccc1)N1CCN(c2nc(CCc3ccccc3)nc3sc4c(c23)CCCC4)CC1. The molecule has 0 radical (unpaired) electrons. The molecule has 3 heterocycles. The van der Waals surface area contributed by atoms with E-state index in [4.69, 9.17) is 9.97 Å². The Morgan fingerprint density at radius 1 is 0.829 bits per heavy atom. The van der Waals surface area contributed by atoms with Gasteiger partial charge in [-0.1, -0.05) is 48.5 Å². The molecule has 2 aliphatic rings. The molecular formula is C29H30N4OS. The van der Waals surface area contributed by atoms with Gasteiger partial charge in [-0.3, -0.25) is 4.79 Å². The van der Waals surface area contributed by atoms with E-state index in [0.717, 1.165) is 60.8 Å². The lowest BCUT2D eigenvalue weighted by Crippen LogP contribution is -2.49.